The molecule has 1 aromatic carbocycles. The highest BCUT2D eigenvalue weighted by molar-refractivity contribution is 7.90. The van der Waals surface area contributed by atoms with Crippen LogP contribution < -0.4 is 5.32 Å². The van der Waals surface area contributed by atoms with E-state index >= 15 is 0 Å². The minimum absolute atomic E-state index is 0.0565. The molecule has 11 heteroatoms. The number of nitrogens with one attached hydrogen (secondary N) is 3. The molecule has 6 rings (SSSR count). The molecular formula is C30H28FN7O2S. The fourth-order valence-corrected chi connectivity index (χ4v) is 5.49. The van der Waals surface area contributed by atoms with Crippen molar-refractivity contribution in [2.45, 2.75) is 19.9 Å². The van der Waals surface area contributed by atoms with Gasteiger partial charge in [0.2, 0.25) is 0 Å². The summed E-state index contributed by atoms with van der Waals surface area (Å²) in [5, 5.41) is 11.7. The van der Waals surface area contributed by atoms with Crippen molar-refractivity contribution >= 4 is 31.8 Å². The molecule has 9 nitrogen and oxygen atoms in total. The number of aromatic nitrogens is 6. The molecule has 0 saturated carbocycles. The first kappa shape index (κ1) is 26.7. The van der Waals surface area contributed by atoms with Gasteiger partial charge in [-0.15, -0.1) is 0 Å². The highest BCUT2D eigenvalue weighted by atomic mass is 32.2. The number of hydrogen-bond donors (Lipinski definition) is 3. The van der Waals surface area contributed by atoms with Crippen LogP contribution >= 0.6 is 0 Å². The average molecular weight is 570 g/mol. The summed E-state index contributed by atoms with van der Waals surface area (Å²) >= 11 is 0. The van der Waals surface area contributed by atoms with Crippen molar-refractivity contribution in [2.75, 3.05) is 18.6 Å². The van der Waals surface area contributed by atoms with Gasteiger partial charge in [-0.2, -0.15) is 5.10 Å². The summed E-state index contributed by atoms with van der Waals surface area (Å²) in [7, 11) is -3.18. The third kappa shape index (κ3) is 5.72. The molecule has 0 aliphatic carbocycles. The molecule has 0 amide bonds. The Morgan fingerprint density at radius 3 is 2.63 bits per heavy atom. The van der Waals surface area contributed by atoms with Gasteiger partial charge in [-0.1, -0.05) is 6.92 Å². The fourth-order valence-electron chi connectivity index (χ4n) is 4.89. The van der Waals surface area contributed by atoms with Gasteiger partial charge in [0.05, 0.1) is 28.4 Å². The second-order valence-electron chi connectivity index (χ2n) is 10.1. The summed E-state index contributed by atoms with van der Waals surface area (Å²) in [6, 6.07) is 14.3. The maximum Gasteiger partial charge on any atom is 0.147 e. The standard InChI is InChI=1S/C30H28FN7O2S/c1-3-32-15-19-11-21(17-33-16-19)24-4-5-26-29(36-24)30(38-37-26)27-14-23-25(35-27)6-8-34-28(23)20-10-18(12-22(31)13-20)7-9-41(2,39)40/h4-6,8,10-14,16-17,32,35H,3,7,9,15H2,1-2H3,(H,37,38). The topological polar surface area (TPSA) is 129 Å². The van der Waals surface area contributed by atoms with Crippen LogP contribution in [0.15, 0.2) is 67.1 Å². The van der Waals surface area contributed by atoms with Gasteiger partial charge in [0, 0.05) is 53.4 Å². The Hall–Kier alpha value is -4.48. The maximum absolute atomic E-state index is 14.6. The Morgan fingerprint density at radius 2 is 1.80 bits per heavy atom. The van der Waals surface area contributed by atoms with Crippen molar-refractivity contribution in [2.24, 2.45) is 0 Å². The van der Waals surface area contributed by atoms with Crippen LogP contribution in [0.25, 0.3) is 55.8 Å². The van der Waals surface area contributed by atoms with E-state index in [-0.39, 0.29) is 12.2 Å². The highest BCUT2D eigenvalue weighted by Gasteiger charge is 2.17. The maximum atomic E-state index is 14.6. The van der Waals surface area contributed by atoms with Crippen LogP contribution in [0.1, 0.15) is 18.1 Å². The number of halogens is 1. The van der Waals surface area contributed by atoms with Gasteiger partial charge >= 0.3 is 0 Å². The lowest BCUT2D eigenvalue weighted by Crippen LogP contribution is -2.11. The zero-order valence-corrected chi connectivity index (χ0v) is 23.4. The Bertz CT molecular complexity index is 2000. The van der Waals surface area contributed by atoms with E-state index in [1.165, 1.54) is 18.4 Å². The van der Waals surface area contributed by atoms with Crippen molar-refractivity contribution in [3.05, 3.63) is 84.1 Å². The third-order valence-corrected chi connectivity index (χ3v) is 7.82. The molecule has 6 aromatic rings. The van der Waals surface area contributed by atoms with Crippen LogP contribution in [0, 0.1) is 5.82 Å². The predicted molar refractivity (Wildman–Crippen MR) is 158 cm³/mol. The van der Waals surface area contributed by atoms with Gasteiger partial charge in [0.1, 0.15) is 26.9 Å². The highest BCUT2D eigenvalue weighted by Crippen LogP contribution is 2.34. The summed E-state index contributed by atoms with van der Waals surface area (Å²) in [4.78, 5) is 17.3. The zero-order valence-electron chi connectivity index (χ0n) is 22.6. The number of rotatable bonds is 9. The summed E-state index contributed by atoms with van der Waals surface area (Å²) in [5.41, 5.74) is 8.20. The van der Waals surface area contributed by atoms with Crippen molar-refractivity contribution < 1.29 is 12.8 Å². The lowest BCUT2D eigenvalue weighted by Gasteiger charge is -2.07. The van der Waals surface area contributed by atoms with Crippen molar-refractivity contribution in [1.29, 1.82) is 0 Å². The molecule has 0 saturated heterocycles. The molecular weight excluding hydrogens is 541 g/mol. The zero-order chi connectivity index (χ0) is 28.6. The van der Waals surface area contributed by atoms with Crippen molar-refractivity contribution in [3.63, 3.8) is 0 Å². The Labute approximate surface area is 236 Å². The Balaban J connectivity index is 1.39. The smallest absolute Gasteiger partial charge is 0.147 e. The molecule has 0 atom stereocenters. The number of aromatic amines is 2. The quantitative estimate of drug-likeness (QED) is 0.222. The van der Waals surface area contributed by atoms with Crippen LogP contribution in [-0.2, 0) is 22.8 Å². The number of sulfone groups is 1. The summed E-state index contributed by atoms with van der Waals surface area (Å²) in [6.45, 7) is 3.66. The van der Waals surface area contributed by atoms with E-state index < -0.39 is 15.7 Å². The van der Waals surface area contributed by atoms with Gasteiger partial charge in [0.25, 0.3) is 0 Å². The third-order valence-electron chi connectivity index (χ3n) is 6.87. The van der Waals surface area contributed by atoms with E-state index in [4.69, 9.17) is 4.98 Å². The molecule has 0 fully saturated rings. The molecule has 5 heterocycles. The van der Waals surface area contributed by atoms with Crippen LogP contribution in [0.2, 0.25) is 0 Å². The van der Waals surface area contributed by atoms with Crippen LogP contribution in [0.3, 0.4) is 0 Å². The van der Waals surface area contributed by atoms with Crippen LogP contribution in [0.5, 0.6) is 0 Å². The van der Waals surface area contributed by atoms with E-state index in [9.17, 15) is 12.8 Å². The first-order chi connectivity index (χ1) is 19.8. The molecule has 0 aliphatic heterocycles. The van der Waals surface area contributed by atoms with E-state index in [0.717, 1.165) is 52.0 Å². The minimum Gasteiger partial charge on any atom is -0.353 e. The Kier molecular flexibility index (Phi) is 7.06. The van der Waals surface area contributed by atoms with Gasteiger partial charge in [-0.25, -0.2) is 17.8 Å². The number of benzene rings is 1. The summed E-state index contributed by atoms with van der Waals surface area (Å²) in [6.07, 6.45) is 6.70. The molecule has 3 N–H and O–H groups in total. The van der Waals surface area contributed by atoms with E-state index in [1.807, 2.05) is 30.5 Å². The van der Waals surface area contributed by atoms with Crippen molar-refractivity contribution in [3.8, 4) is 33.9 Å². The molecule has 41 heavy (non-hydrogen) atoms. The van der Waals surface area contributed by atoms with Gasteiger partial charge in [-0.05, 0) is 72.6 Å². The molecule has 208 valence electrons. The molecule has 0 bridgehead atoms. The SMILES string of the molecule is CCNCc1cncc(-c2ccc3[nH]nc(-c4cc5c(-c6cc(F)cc(CCS(C)(=O)=O)c6)nccc5[nH]4)c3n2)c1. The molecule has 0 spiro atoms. The second-order valence-corrected chi connectivity index (χ2v) is 12.3. The number of nitrogens with zero attached hydrogens (tertiary/aromatic N) is 4. The van der Waals surface area contributed by atoms with E-state index in [0.29, 0.717) is 28.0 Å². The number of pyridine rings is 3. The summed E-state index contributed by atoms with van der Waals surface area (Å²) < 4.78 is 37.9. The minimum atomic E-state index is -3.18. The first-order valence-corrected chi connectivity index (χ1v) is 15.3. The first-order valence-electron chi connectivity index (χ1n) is 13.2. The van der Waals surface area contributed by atoms with Crippen LogP contribution in [-0.4, -0.2) is 57.1 Å². The number of H-pyrrole nitrogens is 2. The monoisotopic (exact) mass is 569 g/mol. The molecule has 0 aliphatic rings. The lowest BCUT2D eigenvalue weighted by atomic mass is 10.0. The van der Waals surface area contributed by atoms with Gasteiger partial charge in [-0.3, -0.25) is 15.1 Å². The average Bonchev–Trinajstić information content (AvgIpc) is 3.58. The Morgan fingerprint density at radius 1 is 0.951 bits per heavy atom. The lowest BCUT2D eigenvalue weighted by molar-refractivity contribution is 0.600. The summed E-state index contributed by atoms with van der Waals surface area (Å²) in [5.74, 6) is -0.501. The van der Waals surface area contributed by atoms with Gasteiger partial charge in [0.15, 0.2) is 0 Å². The number of hydrogen-bond acceptors (Lipinski definition) is 7. The van der Waals surface area contributed by atoms with Gasteiger partial charge < -0.3 is 10.3 Å². The number of aryl methyl sites for hydroxylation is 1. The molecule has 0 radical (unpaired) electrons. The normalized spacial score (nSPS) is 12.0. The largest absolute Gasteiger partial charge is 0.353 e. The van der Waals surface area contributed by atoms with E-state index in [2.05, 4.69) is 43.5 Å². The van der Waals surface area contributed by atoms with Crippen LogP contribution in [0.4, 0.5) is 4.39 Å². The molecule has 0 unspecified atom stereocenters. The number of fused-ring (bicyclic) bond motifs is 2. The second kappa shape index (κ2) is 10.8. The molecule has 5 aromatic heterocycles. The van der Waals surface area contributed by atoms with Crippen molar-refractivity contribution in [1.82, 2.24) is 35.5 Å². The van der Waals surface area contributed by atoms with E-state index in [1.54, 1.807) is 18.5 Å². The fraction of sp³-hybridized carbons (Fsp3) is 0.200. The predicted octanol–water partition coefficient (Wildman–Crippen LogP) is 5.07.